The minimum absolute atomic E-state index is 0.0384. The van der Waals surface area contributed by atoms with Crippen LogP contribution in [0.4, 0.5) is 11.4 Å². The maximum absolute atomic E-state index is 12.7. The van der Waals surface area contributed by atoms with Crippen LogP contribution in [0, 0.1) is 6.92 Å². The highest BCUT2D eigenvalue weighted by molar-refractivity contribution is 5.97. The van der Waals surface area contributed by atoms with Gasteiger partial charge in [-0.2, -0.15) is 0 Å². The van der Waals surface area contributed by atoms with Crippen LogP contribution in [0.1, 0.15) is 26.3 Å². The Labute approximate surface area is 189 Å². The molecule has 8 heteroatoms. The standard InChI is InChI=1S/C24H33N3O5/c1-7-31-21-12-10-18(14-22(21)32-8-2)25-23(28)15-27(5)17(4)24(29)26-19-13-16(3)9-11-20(19)30-6/h9-14,17H,7-8,15H2,1-6H3,(H,25,28)(H,26,29). The Kier molecular flexibility index (Phi) is 9.34. The lowest BCUT2D eigenvalue weighted by molar-refractivity contribution is -0.122. The van der Waals surface area contributed by atoms with E-state index >= 15 is 0 Å². The van der Waals surface area contributed by atoms with Crippen molar-refractivity contribution in [2.45, 2.75) is 33.7 Å². The van der Waals surface area contributed by atoms with Crippen molar-refractivity contribution in [3.63, 3.8) is 0 Å². The van der Waals surface area contributed by atoms with Crippen molar-refractivity contribution in [1.82, 2.24) is 4.90 Å². The molecule has 2 rings (SSSR count). The summed E-state index contributed by atoms with van der Waals surface area (Å²) in [7, 11) is 3.28. The summed E-state index contributed by atoms with van der Waals surface area (Å²) in [5, 5.41) is 5.72. The molecule has 0 aliphatic heterocycles. The molecule has 0 saturated heterocycles. The number of rotatable bonds is 11. The highest BCUT2D eigenvalue weighted by Gasteiger charge is 2.21. The van der Waals surface area contributed by atoms with Gasteiger partial charge >= 0.3 is 0 Å². The molecule has 0 aliphatic rings. The summed E-state index contributed by atoms with van der Waals surface area (Å²) in [6.45, 7) is 8.50. The molecular weight excluding hydrogens is 410 g/mol. The lowest BCUT2D eigenvalue weighted by atomic mass is 10.2. The van der Waals surface area contributed by atoms with E-state index in [1.165, 1.54) is 0 Å². The van der Waals surface area contributed by atoms with Gasteiger partial charge in [0.1, 0.15) is 5.75 Å². The van der Waals surface area contributed by atoms with E-state index in [1.807, 2.05) is 32.9 Å². The van der Waals surface area contributed by atoms with E-state index in [0.29, 0.717) is 41.8 Å². The van der Waals surface area contributed by atoms with Crippen molar-refractivity contribution in [2.75, 3.05) is 44.5 Å². The number of nitrogens with zero attached hydrogens (tertiary/aromatic N) is 1. The molecule has 1 unspecified atom stereocenters. The van der Waals surface area contributed by atoms with Gasteiger partial charge in [-0.3, -0.25) is 14.5 Å². The summed E-state index contributed by atoms with van der Waals surface area (Å²) in [6.07, 6.45) is 0. The molecular formula is C24H33N3O5. The second-order valence-corrected chi connectivity index (χ2v) is 7.36. The molecule has 1 atom stereocenters. The van der Waals surface area contributed by atoms with Crippen molar-refractivity contribution in [3.8, 4) is 17.2 Å². The van der Waals surface area contributed by atoms with Gasteiger partial charge in [0.25, 0.3) is 0 Å². The van der Waals surface area contributed by atoms with Crippen LogP contribution in [0.3, 0.4) is 0 Å². The zero-order valence-electron chi connectivity index (χ0n) is 19.7. The first-order valence-electron chi connectivity index (χ1n) is 10.6. The van der Waals surface area contributed by atoms with E-state index in [2.05, 4.69) is 10.6 Å². The van der Waals surface area contributed by atoms with Gasteiger partial charge in [0.15, 0.2) is 11.5 Å². The molecule has 0 bridgehead atoms. The zero-order valence-corrected chi connectivity index (χ0v) is 19.7. The van der Waals surface area contributed by atoms with Crippen LogP contribution in [-0.2, 0) is 9.59 Å². The van der Waals surface area contributed by atoms with E-state index in [0.717, 1.165) is 5.56 Å². The van der Waals surface area contributed by atoms with Crippen molar-refractivity contribution in [1.29, 1.82) is 0 Å². The summed E-state index contributed by atoms with van der Waals surface area (Å²) in [6, 6.07) is 10.3. The molecule has 0 aliphatic carbocycles. The second kappa shape index (κ2) is 12.0. The van der Waals surface area contributed by atoms with Crippen LogP contribution in [-0.4, -0.2) is 56.7 Å². The summed E-state index contributed by atoms with van der Waals surface area (Å²) in [4.78, 5) is 26.9. The molecule has 0 saturated carbocycles. The molecule has 0 fully saturated rings. The quantitative estimate of drug-likeness (QED) is 0.551. The van der Waals surface area contributed by atoms with Gasteiger partial charge < -0.3 is 24.8 Å². The number of hydrogen-bond donors (Lipinski definition) is 2. The molecule has 2 amide bonds. The molecule has 32 heavy (non-hydrogen) atoms. The van der Waals surface area contributed by atoms with Crippen LogP contribution in [0.15, 0.2) is 36.4 Å². The SMILES string of the molecule is CCOc1ccc(NC(=O)CN(C)C(C)C(=O)Nc2cc(C)ccc2OC)cc1OCC. The fraction of sp³-hybridized carbons (Fsp3) is 0.417. The molecule has 2 aromatic rings. The zero-order chi connectivity index (χ0) is 23.7. The monoisotopic (exact) mass is 443 g/mol. The molecule has 174 valence electrons. The van der Waals surface area contributed by atoms with Gasteiger partial charge in [-0.25, -0.2) is 0 Å². The molecule has 0 heterocycles. The van der Waals surface area contributed by atoms with E-state index in [4.69, 9.17) is 14.2 Å². The van der Waals surface area contributed by atoms with Crippen LogP contribution < -0.4 is 24.8 Å². The number of hydrogen-bond acceptors (Lipinski definition) is 6. The Morgan fingerprint density at radius 2 is 1.62 bits per heavy atom. The Hall–Kier alpha value is -3.26. The van der Waals surface area contributed by atoms with E-state index < -0.39 is 6.04 Å². The normalized spacial score (nSPS) is 11.6. The third kappa shape index (κ3) is 6.88. The number of ether oxygens (including phenoxy) is 3. The number of nitrogens with one attached hydrogen (secondary N) is 2. The average molecular weight is 444 g/mol. The molecule has 0 aromatic heterocycles. The summed E-state index contributed by atoms with van der Waals surface area (Å²) in [5.41, 5.74) is 2.19. The summed E-state index contributed by atoms with van der Waals surface area (Å²) >= 11 is 0. The minimum Gasteiger partial charge on any atom is -0.495 e. The highest BCUT2D eigenvalue weighted by atomic mass is 16.5. The van der Waals surface area contributed by atoms with Gasteiger partial charge in [-0.15, -0.1) is 0 Å². The van der Waals surface area contributed by atoms with Gasteiger partial charge in [-0.05, 0) is 64.6 Å². The van der Waals surface area contributed by atoms with Crippen molar-refractivity contribution >= 4 is 23.2 Å². The maximum atomic E-state index is 12.7. The van der Waals surface area contributed by atoms with Gasteiger partial charge in [0, 0.05) is 11.8 Å². The van der Waals surface area contributed by atoms with E-state index in [-0.39, 0.29) is 18.4 Å². The molecule has 2 N–H and O–H groups in total. The lowest BCUT2D eigenvalue weighted by Crippen LogP contribution is -2.43. The van der Waals surface area contributed by atoms with Gasteiger partial charge in [0.2, 0.25) is 11.8 Å². The predicted octanol–water partition coefficient (Wildman–Crippen LogP) is 3.70. The third-order valence-corrected chi connectivity index (χ3v) is 4.87. The summed E-state index contributed by atoms with van der Waals surface area (Å²) < 4.78 is 16.5. The summed E-state index contributed by atoms with van der Waals surface area (Å²) in [5.74, 6) is 1.30. The first-order valence-corrected chi connectivity index (χ1v) is 10.6. The van der Waals surface area contributed by atoms with Crippen molar-refractivity contribution < 1.29 is 23.8 Å². The number of aryl methyl sites for hydroxylation is 1. The van der Waals surface area contributed by atoms with Gasteiger partial charge in [-0.1, -0.05) is 6.07 Å². The molecule has 2 aromatic carbocycles. The lowest BCUT2D eigenvalue weighted by Gasteiger charge is -2.24. The number of benzene rings is 2. The van der Waals surface area contributed by atoms with Gasteiger partial charge in [0.05, 0.1) is 38.6 Å². The number of likely N-dealkylation sites (N-methyl/N-ethyl adjacent to an activating group) is 1. The highest BCUT2D eigenvalue weighted by Crippen LogP contribution is 2.30. The first kappa shape index (κ1) is 25.0. The number of methoxy groups -OCH3 is 1. The van der Waals surface area contributed by atoms with Crippen LogP contribution >= 0.6 is 0 Å². The Balaban J connectivity index is 1.99. The fourth-order valence-electron chi connectivity index (χ4n) is 3.05. The van der Waals surface area contributed by atoms with E-state index in [9.17, 15) is 9.59 Å². The Morgan fingerprint density at radius 3 is 2.28 bits per heavy atom. The Bertz CT molecular complexity index is 932. The molecule has 0 spiro atoms. The molecule has 8 nitrogen and oxygen atoms in total. The Morgan fingerprint density at radius 1 is 0.969 bits per heavy atom. The van der Waals surface area contributed by atoms with Crippen LogP contribution in [0.2, 0.25) is 0 Å². The topological polar surface area (TPSA) is 89.1 Å². The fourth-order valence-corrected chi connectivity index (χ4v) is 3.05. The van der Waals surface area contributed by atoms with Crippen LogP contribution in [0.5, 0.6) is 17.2 Å². The van der Waals surface area contributed by atoms with Crippen molar-refractivity contribution in [3.05, 3.63) is 42.0 Å². The van der Waals surface area contributed by atoms with Crippen LogP contribution in [0.25, 0.3) is 0 Å². The molecule has 0 radical (unpaired) electrons. The number of carbonyl (C=O) groups is 2. The number of anilines is 2. The number of amides is 2. The largest absolute Gasteiger partial charge is 0.495 e. The van der Waals surface area contributed by atoms with E-state index in [1.54, 1.807) is 50.2 Å². The van der Waals surface area contributed by atoms with Crippen molar-refractivity contribution in [2.24, 2.45) is 0 Å². The average Bonchev–Trinajstić information content (AvgIpc) is 2.75. The second-order valence-electron chi connectivity index (χ2n) is 7.36. The maximum Gasteiger partial charge on any atom is 0.241 e. The minimum atomic E-state index is -0.537. The predicted molar refractivity (Wildman–Crippen MR) is 126 cm³/mol. The smallest absolute Gasteiger partial charge is 0.241 e. The first-order chi connectivity index (χ1) is 15.3. The number of carbonyl (C=O) groups excluding carboxylic acids is 2. The third-order valence-electron chi connectivity index (χ3n) is 4.87.